The molecule has 0 aromatic carbocycles. The lowest BCUT2D eigenvalue weighted by Crippen LogP contribution is -1.91. The van der Waals surface area contributed by atoms with E-state index < -0.39 is 0 Å². The third-order valence-corrected chi connectivity index (χ3v) is 2.20. The number of aromatic nitrogens is 1. The van der Waals surface area contributed by atoms with Gasteiger partial charge in [0.1, 0.15) is 5.75 Å². The lowest BCUT2D eigenvalue weighted by Gasteiger charge is -2.06. The van der Waals surface area contributed by atoms with Crippen molar-refractivity contribution < 1.29 is 9.47 Å². The van der Waals surface area contributed by atoms with Crippen molar-refractivity contribution in [3.05, 3.63) is 12.3 Å². The van der Waals surface area contributed by atoms with Crippen molar-refractivity contribution in [2.75, 3.05) is 20.5 Å². The van der Waals surface area contributed by atoms with E-state index in [-0.39, 0.29) is 0 Å². The standard InChI is InChI=1S/C8H11NO2S/c1-10-6-4-8(11-2)9-5-7(6)12-3/h4-5H,1-3H3. The minimum atomic E-state index is 0.574. The van der Waals surface area contributed by atoms with Crippen molar-refractivity contribution in [2.45, 2.75) is 4.90 Å². The molecule has 66 valence electrons. The molecule has 0 N–H and O–H groups in total. The fourth-order valence-corrected chi connectivity index (χ4v) is 1.33. The van der Waals surface area contributed by atoms with Gasteiger partial charge < -0.3 is 9.47 Å². The molecule has 0 aliphatic carbocycles. The van der Waals surface area contributed by atoms with E-state index in [1.165, 1.54) is 0 Å². The molecule has 0 unspecified atom stereocenters. The van der Waals surface area contributed by atoms with Gasteiger partial charge in [0.25, 0.3) is 0 Å². The first kappa shape index (κ1) is 9.19. The van der Waals surface area contributed by atoms with Crippen LogP contribution in [0, 0.1) is 0 Å². The molecule has 0 amide bonds. The molecule has 12 heavy (non-hydrogen) atoms. The molecule has 0 atom stereocenters. The molecule has 1 heterocycles. The van der Waals surface area contributed by atoms with Crippen LogP contribution in [0.15, 0.2) is 17.2 Å². The van der Waals surface area contributed by atoms with Crippen LogP contribution >= 0.6 is 11.8 Å². The summed E-state index contributed by atoms with van der Waals surface area (Å²) in [5.74, 6) is 1.37. The van der Waals surface area contributed by atoms with Crippen molar-refractivity contribution in [1.29, 1.82) is 0 Å². The maximum atomic E-state index is 5.14. The van der Waals surface area contributed by atoms with Crippen molar-refractivity contribution >= 4 is 11.8 Å². The third kappa shape index (κ3) is 1.82. The van der Waals surface area contributed by atoms with Gasteiger partial charge in [0.15, 0.2) is 0 Å². The summed E-state index contributed by atoms with van der Waals surface area (Å²) in [4.78, 5) is 5.07. The monoisotopic (exact) mass is 185 g/mol. The Morgan fingerprint density at radius 1 is 1.33 bits per heavy atom. The summed E-state index contributed by atoms with van der Waals surface area (Å²) in [7, 11) is 3.22. The van der Waals surface area contributed by atoms with Gasteiger partial charge in [-0.3, -0.25) is 0 Å². The molecule has 1 aromatic heterocycles. The second-order valence-electron chi connectivity index (χ2n) is 2.08. The van der Waals surface area contributed by atoms with Crippen LogP contribution in [0.5, 0.6) is 11.6 Å². The number of hydrogen-bond acceptors (Lipinski definition) is 4. The van der Waals surface area contributed by atoms with Crippen LogP contribution in [-0.4, -0.2) is 25.5 Å². The largest absolute Gasteiger partial charge is 0.495 e. The predicted molar refractivity (Wildman–Crippen MR) is 49.1 cm³/mol. The highest BCUT2D eigenvalue weighted by Gasteiger charge is 2.03. The van der Waals surface area contributed by atoms with Gasteiger partial charge in [0, 0.05) is 12.3 Å². The Morgan fingerprint density at radius 2 is 2.08 bits per heavy atom. The summed E-state index contributed by atoms with van der Waals surface area (Å²) in [5, 5.41) is 0. The zero-order chi connectivity index (χ0) is 8.97. The van der Waals surface area contributed by atoms with Crippen LogP contribution in [0.1, 0.15) is 0 Å². The summed E-state index contributed by atoms with van der Waals surface area (Å²) in [6, 6.07) is 1.77. The van der Waals surface area contributed by atoms with E-state index in [0.29, 0.717) is 5.88 Å². The molecule has 0 saturated carbocycles. The molecule has 0 spiro atoms. The molecule has 0 radical (unpaired) electrons. The minimum Gasteiger partial charge on any atom is -0.495 e. The SMILES string of the molecule is COc1cc(OC)c(SC)cn1. The summed E-state index contributed by atoms with van der Waals surface area (Å²) in [6.07, 6.45) is 3.72. The van der Waals surface area contributed by atoms with Gasteiger partial charge in [-0.05, 0) is 6.26 Å². The number of nitrogens with zero attached hydrogens (tertiary/aromatic N) is 1. The Labute approximate surface area is 76.1 Å². The average Bonchev–Trinajstić information content (AvgIpc) is 2.16. The van der Waals surface area contributed by atoms with Crippen LogP contribution < -0.4 is 9.47 Å². The van der Waals surface area contributed by atoms with E-state index in [1.54, 1.807) is 38.2 Å². The first-order chi connectivity index (χ1) is 5.81. The quantitative estimate of drug-likeness (QED) is 0.672. The Bertz CT molecular complexity index is 265. The van der Waals surface area contributed by atoms with Gasteiger partial charge in [0.05, 0.1) is 19.1 Å². The van der Waals surface area contributed by atoms with Crippen LogP contribution in [0.2, 0.25) is 0 Å². The van der Waals surface area contributed by atoms with E-state index in [9.17, 15) is 0 Å². The molecular formula is C8H11NO2S. The number of pyridine rings is 1. The zero-order valence-electron chi connectivity index (χ0n) is 7.33. The normalized spacial score (nSPS) is 9.58. The van der Waals surface area contributed by atoms with Gasteiger partial charge in [-0.25, -0.2) is 4.98 Å². The smallest absolute Gasteiger partial charge is 0.216 e. The maximum absolute atomic E-state index is 5.14. The number of methoxy groups -OCH3 is 2. The molecule has 0 bridgehead atoms. The van der Waals surface area contributed by atoms with Crippen LogP contribution in [0.25, 0.3) is 0 Å². The van der Waals surface area contributed by atoms with Gasteiger partial charge >= 0.3 is 0 Å². The average molecular weight is 185 g/mol. The Hall–Kier alpha value is -0.900. The van der Waals surface area contributed by atoms with E-state index >= 15 is 0 Å². The van der Waals surface area contributed by atoms with E-state index in [2.05, 4.69) is 4.98 Å². The third-order valence-electron chi connectivity index (χ3n) is 1.46. The molecule has 0 saturated heterocycles. The first-order valence-electron chi connectivity index (χ1n) is 3.43. The summed E-state index contributed by atoms with van der Waals surface area (Å²) < 4.78 is 10.1. The topological polar surface area (TPSA) is 31.4 Å². The van der Waals surface area contributed by atoms with E-state index in [0.717, 1.165) is 10.6 Å². The van der Waals surface area contributed by atoms with Crippen LogP contribution in [-0.2, 0) is 0 Å². The highest BCUT2D eigenvalue weighted by atomic mass is 32.2. The van der Waals surface area contributed by atoms with Crippen molar-refractivity contribution in [3.8, 4) is 11.6 Å². The van der Waals surface area contributed by atoms with Gasteiger partial charge in [-0.15, -0.1) is 11.8 Å². The van der Waals surface area contributed by atoms with Crippen molar-refractivity contribution in [1.82, 2.24) is 4.98 Å². The highest BCUT2D eigenvalue weighted by Crippen LogP contribution is 2.28. The molecule has 0 fully saturated rings. The highest BCUT2D eigenvalue weighted by molar-refractivity contribution is 7.98. The minimum absolute atomic E-state index is 0.574. The number of rotatable bonds is 3. The van der Waals surface area contributed by atoms with Gasteiger partial charge in [-0.2, -0.15) is 0 Å². The Balaban J connectivity index is 3.02. The molecule has 0 aliphatic rings. The number of hydrogen-bond donors (Lipinski definition) is 0. The number of thioether (sulfide) groups is 1. The molecular weight excluding hydrogens is 174 g/mol. The molecule has 3 nitrogen and oxygen atoms in total. The Kier molecular flexibility index (Phi) is 3.22. The molecule has 1 aromatic rings. The van der Waals surface area contributed by atoms with Crippen molar-refractivity contribution in [2.24, 2.45) is 0 Å². The maximum Gasteiger partial charge on any atom is 0.216 e. The predicted octanol–water partition coefficient (Wildman–Crippen LogP) is 1.82. The number of ether oxygens (including phenoxy) is 2. The molecule has 4 heteroatoms. The lowest BCUT2D eigenvalue weighted by molar-refractivity contribution is 0.376. The zero-order valence-corrected chi connectivity index (χ0v) is 8.14. The fraction of sp³-hybridized carbons (Fsp3) is 0.375. The van der Waals surface area contributed by atoms with Crippen LogP contribution in [0.3, 0.4) is 0 Å². The summed E-state index contributed by atoms with van der Waals surface area (Å²) >= 11 is 1.60. The summed E-state index contributed by atoms with van der Waals surface area (Å²) in [6.45, 7) is 0. The van der Waals surface area contributed by atoms with E-state index in [1.807, 2.05) is 6.26 Å². The second kappa shape index (κ2) is 4.21. The fourth-order valence-electron chi connectivity index (χ4n) is 0.831. The Morgan fingerprint density at radius 3 is 2.58 bits per heavy atom. The van der Waals surface area contributed by atoms with Crippen LogP contribution in [0.4, 0.5) is 0 Å². The van der Waals surface area contributed by atoms with E-state index in [4.69, 9.17) is 9.47 Å². The lowest BCUT2D eigenvalue weighted by atomic mass is 10.4. The first-order valence-corrected chi connectivity index (χ1v) is 4.66. The van der Waals surface area contributed by atoms with Gasteiger partial charge in [-0.1, -0.05) is 0 Å². The van der Waals surface area contributed by atoms with Gasteiger partial charge in [0.2, 0.25) is 5.88 Å². The second-order valence-corrected chi connectivity index (χ2v) is 2.93. The van der Waals surface area contributed by atoms with Crippen molar-refractivity contribution in [3.63, 3.8) is 0 Å². The molecule has 0 aliphatic heterocycles. The molecule has 1 rings (SSSR count). The summed E-state index contributed by atoms with van der Waals surface area (Å²) in [5.41, 5.74) is 0.